The van der Waals surface area contributed by atoms with Crippen LogP contribution in [0.4, 0.5) is 17.1 Å². The fourth-order valence-corrected chi connectivity index (χ4v) is 5.54. The molecule has 4 aromatic rings. The van der Waals surface area contributed by atoms with Crippen molar-refractivity contribution in [1.29, 1.82) is 0 Å². The van der Waals surface area contributed by atoms with E-state index in [1.165, 1.54) is 77.0 Å². The summed E-state index contributed by atoms with van der Waals surface area (Å²) in [4.78, 5) is 2.36. The van der Waals surface area contributed by atoms with Crippen LogP contribution in [0, 0.1) is 20.8 Å². The minimum atomic E-state index is 0.128. The monoisotopic (exact) mass is 499 g/mol. The maximum absolute atomic E-state index is 3.36. The third kappa shape index (κ3) is 6.17. The van der Waals surface area contributed by atoms with Gasteiger partial charge in [-0.25, -0.2) is 0 Å². The second-order valence-electron chi connectivity index (χ2n) is 10.5. The van der Waals surface area contributed by atoms with Crippen molar-refractivity contribution >= 4 is 17.1 Å². The van der Waals surface area contributed by atoms with Crippen molar-refractivity contribution in [2.24, 2.45) is 0 Å². The molecule has 1 aliphatic carbocycles. The highest BCUT2D eigenvalue weighted by molar-refractivity contribution is 5.76. The van der Waals surface area contributed by atoms with Gasteiger partial charge in [0.05, 0.1) is 0 Å². The molecule has 194 valence electrons. The lowest BCUT2D eigenvalue weighted by Gasteiger charge is -2.39. The zero-order valence-electron chi connectivity index (χ0n) is 23.3. The van der Waals surface area contributed by atoms with Crippen molar-refractivity contribution in [3.63, 3.8) is 0 Å². The Morgan fingerprint density at radius 1 is 0.500 bits per heavy atom. The van der Waals surface area contributed by atoms with Gasteiger partial charge in [0, 0.05) is 22.5 Å². The van der Waals surface area contributed by atoms with Crippen molar-refractivity contribution in [2.45, 2.75) is 58.3 Å². The Kier molecular flexibility index (Phi) is 9.02. The molecule has 1 aliphatic rings. The second kappa shape index (κ2) is 12.6. The van der Waals surface area contributed by atoms with Gasteiger partial charge >= 0.3 is 0 Å². The molecule has 0 unspecified atom stereocenters. The highest BCUT2D eigenvalue weighted by Gasteiger charge is 2.35. The highest BCUT2D eigenvalue weighted by Crippen LogP contribution is 2.46. The van der Waals surface area contributed by atoms with Crippen LogP contribution in [0.25, 0.3) is 0 Å². The zero-order chi connectivity index (χ0) is 27.0. The van der Waals surface area contributed by atoms with E-state index in [4.69, 9.17) is 0 Å². The first kappa shape index (κ1) is 27.2. The van der Waals surface area contributed by atoms with Crippen molar-refractivity contribution < 1.29 is 0 Å². The topological polar surface area (TPSA) is 3.24 Å². The maximum atomic E-state index is 3.36. The van der Waals surface area contributed by atoms with E-state index in [1.54, 1.807) is 12.2 Å². The molecule has 1 fully saturated rings. The van der Waals surface area contributed by atoms with Gasteiger partial charge in [-0.05, 0) is 81.1 Å². The number of hydrogen-bond acceptors (Lipinski definition) is 1. The molecule has 0 N–H and O–H groups in total. The maximum Gasteiger partial charge on any atom is 0.0461 e. The van der Waals surface area contributed by atoms with Gasteiger partial charge in [-0.1, -0.05) is 122 Å². The fraction of sp³-hybridized carbons (Fsp3) is 0.243. The van der Waals surface area contributed by atoms with Crippen molar-refractivity contribution in [2.75, 3.05) is 4.90 Å². The third-order valence-electron chi connectivity index (χ3n) is 7.74. The molecule has 0 aromatic heterocycles. The van der Waals surface area contributed by atoms with Crippen molar-refractivity contribution in [3.8, 4) is 0 Å². The third-order valence-corrected chi connectivity index (χ3v) is 7.74. The summed E-state index contributed by atoms with van der Waals surface area (Å²) >= 11 is 0. The summed E-state index contributed by atoms with van der Waals surface area (Å²) in [6.07, 6.45) is 9.69. The van der Waals surface area contributed by atoms with E-state index < -0.39 is 0 Å². The molecule has 1 heteroatoms. The normalized spacial score (nSPS) is 14.1. The summed E-state index contributed by atoms with van der Waals surface area (Å²) < 4.78 is 0. The average molecular weight is 500 g/mol. The summed E-state index contributed by atoms with van der Waals surface area (Å²) in [5.74, 6) is 0. The molecule has 0 bridgehead atoms. The average Bonchev–Trinajstić information content (AvgIpc) is 2.96. The minimum absolute atomic E-state index is 0.128. The molecule has 0 radical (unpaired) electrons. The number of aryl methyl sites for hydroxylation is 3. The van der Waals surface area contributed by atoms with Gasteiger partial charge in [-0.15, -0.1) is 0 Å². The SMILES string of the molecule is C=CC=C.Cc1ccc(N(c2ccc(C)cc2)c2ccc(C3(c4ccc(C)cc4)CCCCC3)cc2)cc1. The van der Waals surface area contributed by atoms with E-state index in [9.17, 15) is 0 Å². The standard InChI is InChI=1S/C33H35N.C4H6/c1-25-7-13-28(14-8-25)33(23-5-4-6-24-33)29-15-21-32(22-16-29)34(30-17-9-26(2)10-18-30)31-19-11-27(3)12-20-31;1-3-4-2/h7-22H,4-6,23-24H2,1-3H3;3-4H,1-2H2. The van der Waals surface area contributed by atoms with Gasteiger partial charge in [-0.3, -0.25) is 0 Å². The molecule has 1 saturated carbocycles. The van der Waals surface area contributed by atoms with Gasteiger partial charge in [0.1, 0.15) is 0 Å². The van der Waals surface area contributed by atoms with Gasteiger partial charge in [0.25, 0.3) is 0 Å². The van der Waals surface area contributed by atoms with Gasteiger partial charge in [0.15, 0.2) is 0 Å². The van der Waals surface area contributed by atoms with Crippen LogP contribution in [0.5, 0.6) is 0 Å². The molecule has 0 amide bonds. The van der Waals surface area contributed by atoms with Gasteiger partial charge in [-0.2, -0.15) is 0 Å². The molecule has 0 heterocycles. The van der Waals surface area contributed by atoms with Crippen LogP contribution in [0.15, 0.2) is 122 Å². The summed E-state index contributed by atoms with van der Waals surface area (Å²) in [6, 6.07) is 36.3. The summed E-state index contributed by atoms with van der Waals surface area (Å²) in [6.45, 7) is 13.2. The summed E-state index contributed by atoms with van der Waals surface area (Å²) in [5.41, 5.74) is 10.5. The minimum Gasteiger partial charge on any atom is -0.311 e. The van der Waals surface area contributed by atoms with E-state index >= 15 is 0 Å². The zero-order valence-corrected chi connectivity index (χ0v) is 23.3. The Bertz CT molecular complexity index is 1250. The largest absolute Gasteiger partial charge is 0.311 e. The van der Waals surface area contributed by atoms with E-state index in [2.05, 4.69) is 136 Å². The first-order valence-electron chi connectivity index (χ1n) is 13.8. The second-order valence-corrected chi connectivity index (χ2v) is 10.5. The molecule has 0 spiro atoms. The van der Waals surface area contributed by atoms with E-state index in [-0.39, 0.29) is 5.41 Å². The predicted molar refractivity (Wildman–Crippen MR) is 166 cm³/mol. The van der Waals surface area contributed by atoms with Crippen LogP contribution in [0.3, 0.4) is 0 Å². The number of allylic oxidation sites excluding steroid dienone is 2. The quantitative estimate of drug-likeness (QED) is 0.238. The Morgan fingerprint density at radius 2 is 0.816 bits per heavy atom. The Labute approximate surface area is 230 Å². The molecule has 38 heavy (non-hydrogen) atoms. The highest BCUT2D eigenvalue weighted by atomic mass is 15.1. The lowest BCUT2D eigenvalue weighted by Crippen LogP contribution is -2.30. The predicted octanol–water partition coefficient (Wildman–Crippen LogP) is 10.7. The Hall–Kier alpha value is -3.84. The molecule has 5 rings (SSSR count). The summed E-state index contributed by atoms with van der Waals surface area (Å²) in [7, 11) is 0. The van der Waals surface area contributed by atoms with Gasteiger partial charge in [0.2, 0.25) is 0 Å². The molecule has 1 nitrogen and oxygen atoms in total. The lowest BCUT2D eigenvalue weighted by molar-refractivity contribution is 0.346. The molecule has 0 saturated heterocycles. The van der Waals surface area contributed by atoms with E-state index in [1.807, 2.05) is 0 Å². The number of nitrogens with zero attached hydrogens (tertiary/aromatic N) is 1. The number of rotatable bonds is 6. The molecule has 4 aromatic carbocycles. The lowest BCUT2D eigenvalue weighted by atomic mass is 9.65. The van der Waals surface area contributed by atoms with Crippen LogP contribution in [-0.4, -0.2) is 0 Å². The Morgan fingerprint density at radius 3 is 1.18 bits per heavy atom. The van der Waals surface area contributed by atoms with Crippen LogP contribution < -0.4 is 4.90 Å². The molecule has 0 aliphatic heterocycles. The number of anilines is 3. The van der Waals surface area contributed by atoms with Crippen molar-refractivity contribution in [3.05, 3.63) is 150 Å². The Balaban J connectivity index is 0.000000786. The van der Waals surface area contributed by atoms with E-state index in [0.29, 0.717) is 0 Å². The van der Waals surface area contributed by atoms with Crippen LogP contribution in [0.1, 0.15) is 59.9 Å². The van der Waals surface area contributed by atoms with E-state index in [0.717, 1.165) is 0 Å². The molecular weight excluding hydrogens is 458 g/mol. The molecule has 0 atom stereocenters. The van der Waals surface area contributed by atoms with Crippen LogP contribution in [-0.2, 0) is 5.41 Å². The first-order valence-corrected chi connectivity index (χ1v) is 13.8. The summed E-state index contributed by atoms with van der Waals surface area (Å²) in [5, 5.41) is 0. The van der Waals surface area contributed by atoms with Crippen LogP contribution >= 0.6 is 0 Å². The van der Waals surface area contributed by atoms with Gasteiger partial charge < -0.3 is 4.90 Å². The fourth-order valence-electron chi connectivity index (χ4n) is 5.54. The number of hydrogen-bond donors (Lipinski definition) is 0. The van der Waals surface area contributed by atoms with Crippen molar-refractivity contribution in [1.82, 2.24) is 0 Å². The molecular formula is C37H41N. The van der Waals surface area contributed by atoms with Crippen LogP contribution in [0.2, 0.25) is 0 Å². The smallest absolute Gasteiger partial charge is 0.0461 e. The number of benzene rings is 4. The first-order chi connectivity index (χ1) is 18.5.